The Labute approximate surface area is 49.2 Å². The molecule has 0 saturated carbocycles. The molecule has 0 aromatic rings. The van der Waals surface area contributed by atoms with E-state index in [-0.39, 0.29) is 0 Å². The molecule has 1 nitrogen and oxygen atoms in total. The van der Waals surface area contributed by atoms with Gasteiger partial charge >= 0.3 is 0 Å². The molecule has 0 atom stereocenters. The summed E-state index contributed by atoms with van der Waals surface area (Å²) in [6, 6.07) is -0.463. The number of allylic oxidation sites excluding steroid dienone is 1. The first-order chi connectivity index (χ1) is 3.81. The Morgan fingerprint density at radius 1 is 1.62 bits per heavy atom. The van der Waals surface area contributed by atoms with Crippen molar-refractivity contribution < 1.29 is 9.13 Å². The second kappa shape index (κ2) is 4.62. The van der Waals surface area contributed by atoms with Crippen LogP contribution in [0.5, 0.6) is 0 Å². The lowest BCUT2D eigenvalue weighted by atomic mass is 10.5. The summed E-state index contributed by atoms with van der Waals surface area (Å²) in [6.45, 7) is 4.02. The predicted molar refractivity (Wildman–Crippen MR) is 31.1 cm³/mol. The highest BCUT2D eigenvalue weighted by Gasteiger charge is 1.86. The number of rotatable bonds is 3. The molecule has 0 aliphatic rings. The molecule has 0 aliphatic heterocycles. The Balaban J connectivity index is 3.29. The number of hydrogen-bond acceptors (Lipinski definition) is 1. The molecule has 0 spiro atoms. The molecule has 0 radical (unpaired) electrons. The van der Waals surface area contributed by atoms with Gasteiger partial charge < -0.3 is 4.74 Å². The maximum Gasteiger partial charge on any atom is 0.268 e. The van der Waals surface area contributed by atoms with Crippen molar-refractivity contribution in [2.24, 2.45) is 0 Å². The van der Waals surface area contributed by atoms with E-state index in [9.17, 15) is 4.39 Å². The Kier molecular flexibility index (Phi) is 4.32. The van der Waals surface area contributed by atoms with E-state index in [2.05, 4.69) is 4.74 Å². The van der Waals surface area contributed by atoms with Crippen LogP contribution in [0.25, 0.3) is 0 Å². The van der Waals surface area contributed by atoms with E-state index in [1.807, 2.05) is 6.92 Å². The van der Waals surface area contributed by atoms with E-state index in [1.165, 1.54) is 6.08 Å². The Morgan fingerprint density at radius 3 is 2.62 bits per heavy atom. The lowest BCUT2D eigenvalue weighted by Crippen LogP contribution is -1.83. The van der Waals surface area contributed by atoms with Gasteiger partial charge in [0.15, 0.2) is 0 Å². The molecule has 0 unspecified atom stereocenters. The van der Waals surface area contributed by atoms with Crippen LogP contribution in [0.2, 0.25) is 0 Å². The first-order valence-corrected chi connectivity index (χ1v) is 2.79. The summed E-state index contributed by atoms with van der Waals surface area (Å²) < 4.78 is 16.5. The van der Waals surface area contributed by atoms with Gasteiger partial charge in [-0.1, -0.05) is 6.92 Å². The van der Waals surface area contributed by atoms with E-state index in [0.717, 1.165) is 0 Å². The average molecular weight is 118 g/mol. The van der Waals surface area contributed by atoms with Gasteiger partial charge in [-0.25, -0.2) is 0 Å². The zero-order valence-corrected chi connectivity index (χ0v) is 5.28. The third-order valence-corrected chi connectivity index (χ3v) is 0.647. The van der Waals surface area contributed by atoms with Crippen LogP contribution < -0.4 is 0 Å². The Hall–Kier alpha value is -0.530. The highest BCUT2D eigenvalue weighted by atomic mass is 19.1. The molecular formula is C6H11FO. The van der Waals surface area contributed by atoms with Gasteiger partial charge in [0.25, 0.3) is 6.01 Å². The summed E-state index contributed by atoms with van der Waals surface area (Å²) in [5.41, 5.74) is 0. The minimum Gasteiger partial charge on any atom is -0.471 e. The van der Waals surface area contributed by atoms with Gasteiger partial charge in [-0.2, -0.15) is 4.39 Å². The van der Waals surface area contributed by atoms with E-state index in [1.54, 1.807) is 6.92 Å². The van der Waals surface area contributed by atoms with Crippen molar-refractivity contribution in [2.45, 2.75) is 20.3 Å². The minimum atomic E-state index is -0.463. The lowest BCUT2D eigenvalue weighted by molar-refractivity contribution is 0.156. The molecule has 0 rings (SSSR count). The van der Waals surface area contributed by atoms with Crippen LogP contribution >= 0.6 is 0 Å². The van der Waals surface area contributed by atoms with E-state index < -0.39 is 6.01 Å². The molecule has 0 aliphatic carbocycles. The second-order valence-corrected chi connectivity index (χ2v) is 1.35. The van der Waals surface area contributed by atoms with Crippen LogP contribution in [0, 0.1) is 0 Å². The van der Waals surface area contributed by atoms with Gasteiger partial charge in [0, 0.05) is 0 Å². The molecule has 8 heavy (non-hydrogen) atoms. The van der Waals surface area contributed by atoms with E-state index in [0.29, 0.717) is 13.0 Å². The summed E-state index contributed by atoms with van der Waals surface area (Å²) in [7, 11) is 0. The molecule has 48 valence electrons. The number of halogens is 1. The maximum absolute atomic E-state index is 12.0. The van der Waals surface area contributed by atoms with E-state index >= 15 is 0 Å². The summed E-state index contributed by atoms with van der Waals surface area (Å²) in [4.78, 5) is 0. The maximum atomic E-state index is 12.0. The smallest absolute Gasteiger partial charge is 0.268 e. The monoisotopic (exact) mass is 118 g/mol. The van der Waals surface area contributed by atoms with Gasteiger partial charge in [0.05, 0.1) is 6.61 Å². The minimum absolute atomic E-state index is 0.405. The van der Waals surface area contributed by atoms with Crippen molar-refractivity contribution >= 4 is 0 Å². The molecular weight excluding hydrogens is 107 g/mol. The topological polar surface area (TPSA) is 9.23 Å². The molecule has 0 heterocycles. The van der Waals surface area contributed by atoms with E-state index in [4.69, 9.17) is 0 Å². The third-order valence-electron chi connectivity index (χ3n) is 0.647. The number of ether oxygens (including phenoxy) is 1. The zero-order chi connectivity index (χ0) is 6.41. The van der Waals surface area contributed by atoms with Crippen molar-refractivity contribution in [3.63, 3.8) is 0 Å². The van der Waals surface area contributed by atoms with Crippen LogP contribution in [0.1, 0.15) is 20.3 Å². The van der Waals surface area contributed by atoms with Gasteiger partial charge in [-0.05, 0) is 19.4 Å². The predicted octanol–water partition coefficient (Wildman–Crippen LogP) is 2.24. The van der Waals surface area contributed by atoms with Crippen LogP contribution in [0.4, 0.5) is 4.39 Å². The largest absolute Gasteiger partial charge is 0.471 e. The molecule has 0 amide bonds. The quantitative estimate of drug-likeness (QED) is 0.516. The zero-order valence-electron chi connectivity index (χ0n) is 5.28. The highest BCUT2D eigenvalue weighted by molar-refractivity contribution is 4.79. The fourth-order valence-corrected chi connectivity index (χ4v) is 0.357. The molecule has 0 aromatic heterocycles. The fourth-order valence-electron chi connectivity index (χ4n) is 0.357. The van der Waals surface area contributed by atoms with Gasteiger partial charge in [0.2, 0.25) is 0 Å². The highest BCUT2D eigenvalue weighted by Crippen LogP contribution is 1.98. The van der Waals surface area contributed by atoms with Crippen LogP contribution in [0.15, 0.2) is 12.1 Å². The summed E-state index contributed by atoms with van der Waals surface area (Å²) in [5, 5.41) is 0. The normalized spacial score (nSPS) is 11.6. The SMILES string of the molecule is CC/C=C(\F)OCC. The molecule has 2 heteroatoms. The first kappa shape index (κ1) is 7.47. The first-order valence-electron chi connectivity index (χ1n) is 2.79. The lowest BCUT2D eigenvalue weighted by Gasteiger charge is -1.94. The summed E-state index contributed by atoms with van der Waals surface area (Å²) in [5.74, 6) is 0. The van der Waals surface area contributed by atoms with Crippen LogP contribution in [0.3, 0.4) is 0 Å². The van der Waals surface area contributed by atoms with Crippen molar-refractivity contribution in [1.29, 1.82) is 0 Å². The van der Waals surface area contributed by atoms with Crippen molar-refractivity contribution in [3.8, 4) is 0 Å². The van der Waals surface area contributed by atoms with Crippen molar-refractivity contribution in [3.05, 3.63) is 12.1 Å². The molecule has 0 saturated heterocycles. The van der Waals surface area contributed by atoms with Crippen LogP contribution in [-0.2, 0) is 4.74 Å². The number of hydrogen-bond donors (Lipinski definition) is 0. The Morgan fingerprint density at radius 2 is 2.25 bits per heavy atom. The second-order valence-electron chi connectivity index (χ2n) is 1.35. The summed E-state index contributed by atoms with van der Waals surface area (Å²) >= 11 is 0. The van der Waals surface area contributed by atoms with Crippen molar-refractivity contribution in [1.82, 2.24) is 0 Å². The van der Waals surface area contributed by atoms with Gasteiger partial charge in [0.1, 0.15) is 0 Å². The van der Waals surface area contributed by atoms with Gasteiger partial charge in [-0.15, -0.1) is 0 Å². The average Bonchev–Trinajstić information content (AvgIpc) is 1.68. The molecule has 0 fully saturated rings. The summed E-state index contributed by atoms with van der Waals surface area (Å²) in [6.07, 6.45) is 2.09. The third kappa shape index (κ3) is 3.65. The van der Waals surface area contributed by atoms with Crippen molar-refractivity contribution in [2.75, 3.05) is 6.61 Å². The molecule has 0 aromatic carbocycles. The Bertz CT molecular complexity index is 78.6. The fraction of sp³-hybridized carbons (Fsp3) is 0.667. The van der Waals surface area contributed by atoms with Crippen LogP contribution in [-0.4, -0.2) is 6.61 Å². The van der Waals surface area contributed by atoms with Gasteiger partial charge in [-0.3, -0.25) is 0 Å². The standard InChI is InChI=1S/C6H11FO/c1-3-5-6(7)8-4-2/h5H,3-4H2,1-2H3/b6-5+. The molecule has 0 bridgehead atoms. The molecule has 0 N–H and O–H groups in total.